The number of benzene rings is 1. The molecule has 0 aromatic heterocycles. The topological polar surface area (TPSA) is 27.7 Å². The van der Waals surface area contributed by atoms with E-state index in [0.717, 1.165) is 24.2 Å². The summed E-state index contributed by atoms with van der Waals surface area (Å²) in [6.45, 7) is 6.20. The van der Waals surface area contributed by atoms with Crippen molar-refractivity contribution in [1.82, 2.24) is 0 Å². The lowest BCUT2D eigenvalue weighted by Gasteiger charge is -2.29. The molecule has 0 amide bonds. The standard InChI is InChI=1S/C15H22O3/c1-3-5-14-10-18-15(11-17-14)12-6-8-13(9-7-12)16-4-2/h6-9,14-15H,3-5,10-11H2,1-2H3/t14-,15-/m0/s1. The van der Waals surface area contributed by atoms with E-state index in [2.05, 4.69) is 19.1 Å². The molecule has 3 nitrogen and oxygen atoms in total. The van der Waals surface area contributed by atoms with E-state index in [1.807, 2.05) is 19.1 Å². The average molecular weight is 250 g/mol. The molecule has 0 unspecified atom stereocenters. The van der Waals surface area contributed by atoms with Crippen LogP contribution < -0.4 is 4.74 Å². The molecule has 18 heavy (non-hydrogen) atoms. The van der Waals surface area contributed by atoms with Gasteiger partial charge in [0.25, 0.3) is 0 Å². The fourth-order valence-corrected chi connectivity index (χ4v) is 2.17. The number of hydrogen-bond acceptors (Lipinski definition) is 3. The van der Waals surface area contributed by atoms with E-state index in [1.54, 1.807) is 0 Å². The Labute approximate surface area is 109 Å². The van der Waals surface area contributed by atoms with E-state index >= 15 is 0 Å². The first-order valence-electron chi connectivity index (χ1n) is 6.79. The minimum atomic E-state index is 0.0637. The van der Waals surface area contributed by atoms with Crippen molar-refractivity contribution in [2.45, 2.75) is 38.9 Å². The molecule has 1 aromatic rings. The summed E-state index contributed by atoms with van der Waals surface area (Å²) in [4.78, 5) is 0. The Bertz CT molecular complexity index is 339. The largest absolute Gasteiger partial charge is 0.494 e. The van der Waals surface area contributed by atoms with Crippen LogP contribution in [0.3, 0.4) is 0 Å². The van der Waals surface area contributed by atoms with Gasteiger partial charge >= 0.3 is 0 Å². The molecule has 100 valence electrons. The first-order chi connectivity index (χ1) is 8.83. The molecular weight excluding hydrogens is 228 g/mol. The second-order valence-corrected chi connectivity index (χ2v) is 4.57. The predicted octanol–water partition coefficient (Wildman–Crippen LogP) is 3.34. The van der Waals surface area contributed by atoms with Crippen LogP contribution in [0.15, 0.2) is 24.3 Å². The van der Waals surface area contributed by atoms with E-state index in [4.69, 9.17) is 14.2 Å². The summed E-state index contributed by atoms with van der Waals surface area (Å²) in [6.07, 6.45) is 2.56. The molecule has 1 aliphatic rings. The highest BCUT2D eigenvalue weighted by Crippen LogP contribution is 2.25. The Morgan fingerprint density at radius 2 is 1.89 bits per heavy atom. The molecule has 1 fully saturated rings. The molecule has 3 heteroatoms. The summed E-state index contributed by atoms with van der Waals surface area (Å²) in [5.74, 6) is 0.904. The van der Waals surface area contributed by atoms with Crippen molar-refractivity contribution in [3.8, 4) is 5.75 Å². The zero-order chi connectivity index (χ0) is 12.8. The van der Waals surface area contributed by atoms with Crippen molar-refractivity contribution in [3.05, 3.63) is 29.8 Å². The number of ether oxygens (including phenoxy) is 3. The molecule has 0 N–H and O–H groups in total. The van der Waals surface area contributed by atoms with Crippen molar-refractivity contribution in [1.29, 1.82) is 0 Å². The normalized spacial score (nSPS) is 23.9. The molecule has 2 rings (SSSR count). The fourth-order valence-electron chi connectivity index (χ4n) is 2.17. The van der Waals surface area contributed by atoms with E-state index in [1.165, 1.54) is 0 Å². The van der Waals surface area contributed by atoms with Crippen molar-refractivity contribution in [3.63, 3.8) is 0 Å². The van der Waals surface area contributed by atoms with Gasteiger partial charge in [-0.2, -0.15) is 0 Å². The third-order valence-corrected chi connectivity index (χ3v) is 3.14. The molecule has 1 aliphatic heterocycles. The molecule has 1 aromatic carbocycles. The van der Waals surface area contributed by atoms with Gasteiger partial charge in [-0.25, -0.2) is 0 Å². The first-order valence-corrected chi connectivity index (χ1v) is 6.79. The maximum Gasteiger partial charge on any atom is 0.119 e. The summed E-state index contributed by atoms with van der Waals surface area (Å²) >= 11 is 0. The van der Waals surface area contributed by atoms with Crippen LogP contribution in [0.25, 0.3) is 0 Å². The molecular formula is C15H22O3. The van der Waals surface area contributed by atoms with Gasteiger partial charge in [0.2, 0.25) is 0 Å². The monoisotopic (exact) mass is 250 g/mol. The molecule has 2 atom stereocenters. The quantitative estimate of drug-likeness (QED) is 0.802. The van der Waals surface area contributed by atoms with Crippen LogP contribution in [0.2, 0.25) is 0 Å². The maximum atomic E-state index is 5.86. The lowest BCUT2D eigenvalue weighted by Crippen LogP contribution is -2.30. The minimum absolute atomic E-state index is 0.0637. The maximum absolute atomic E-state index is 5.86. The van der Waals surface area contributed by atoms with Crippen LogP contribution in [-0.4, -0.2) is 25.9 Å². The Balaban J connectivity index is 1.89. The van der Waals surface area contributed by atoms with Crippen LogP contribution in [0.4, 0.5) is 0 Å². The minimum Gasteiger partial charge on any atom is -0.494 e. The van der Waals surface area contributed by atoms with Gasteiger partial charge in [0.15, 0.2) is 0 Å². The van der Waals surface area contributed by atoms with Crippen molar-refractivity contribution < 1.29 is 14.2 Å². The number of rotatable bonds is 5. The van der Waals surface area contributed by atoms with Gasteiger partial charge in [0, 0.05) is 0 Å². The van der Waals surface area contributed by atoms with E-state index in [9.17, 15) is 0 Å². The van der Waals surface area contributed by atoms with Crippen molar-refractivity contribution in [2.24, 2.45) is 0 Å². The van der Waals surface area contributed by atoms with Crippen molar-refractivity contribution in [2.75, 3.05) is 19.8 Å². The van der Waals surface area contributed by atoms with Gasteiger partial charge in [-0.15, -0.1) is 0 Å². The molecule has 0 radical (unpaired) electrons. The SMILES string of the molecule is CCC[C@H]1CO[C@H](c2ccc(OCC)cc2)CO1. The number of hydrogen-bond donors (Lipinski definition) is 0. The third-order valence-electron chi connectivity index (χ3n) is 3.14. The van der Waals surface area contributed by atoms with Gasteiger partial charge in [0.1, 0.15) is 11.9 Å². The average Bonchev–Trinajstić information content (AvgIpc) is 2.41. The molecule has 1 heterocycles. The van der Waals surface area contributed by atoms with E-state index in [-0.39, 0.29) is 12.2 Å². The first kappa shape index (κ1) is 13.4. The van der Waals surface area contributed by atoms with Crippen LogP contribution in [-0.2, 0) is 9.47 Å². The van der Waals surface area contributed by atoms with Gasteiger partial charge in [0.05, 0.1) is 25.9 Å². The van der Waals surface area contributed by atoms with Gasteiger partial charge in [-0.3, -0.25) is 0 Å². The Hall–Kier alpha value is -1.06. The highest BCUT2D eigenvalue weighted by Gasteiger charge is 2.22. The second kappa shape index (κ2) is 6.76. The van der Waals surface area contributed by atoms with Crippen LogP contribution >= 0.6 is 0 Å². The zero-order valence-corrected chi connectivity index (χ0v) is 11.2. The summed E-state index contributed by atoms with van der Waals surface area (Å²) in [5.41, 5.74) is 1.16. The Kier molecular flexibility index (Phi) is 5.02. The summed E-state index contributed by atoms with van der Waals surface area (Å²) in [6, 6.07) is 8.08. The summed E-state index contributed by atoms with van der Waals surface area (Å²) < 4.78 is 17.1. The smallest absolute Gasteiger partial charge is 0.119 e. The molecule has 0 bridgehead atoms. The predicted molar refractivity (Wildman–Crippen MR) is 71.0 cm³/mol. The van der Waals surface area contributed by atoms with E-state index < -0.39 is 0 Å². The Morgan fingerprint density at radius 3 is 2.44 bits per heavy atom. The van der Waals surface area contributed by atoms with Gasteiger partial charge in [-0.05, 0) is 31.0 Å². The lowest BCUT2D eigenvalue weighted by atomic mass is 10.1. The highest BCUT2D eigenvalue weighted by atomic mass is 16.6. The second-order valence-electron chi connectivity index (χ2n) is 4.57. The highest BCUT2D eigenvalue weighted by molar-refractivity contribution is 5.28. The van der Waals surface area contributed by atoms with Gasteiger partial charge < -0.3 is 14.2 Å². The van der Waals surface area contributed by atoms with Crippen LogP contribution in [0.1, 0.15) is 38.4 Å². The Morgan fingerprint density at radius 1 is 1.11 bits per heavy atom. The van der Waals surface area contributed by atoms with E-state index in [0.29, 0.717) is 19.8 Å². The fraction of sp³-hybridized carbons (Fsp3) is 0.600. The van der Waals surface area contributed by atoms with Crippen LogP contribution in [0, 0.1) is 0 Å². The molecule has 0 saturated carbocycles. The zero-order valence-electron chi connectivity index (χ0n) is 11.2. The molecule has 0 spiro atoms. The van der Waals surface area contributed by atoms with Crippen LogP contribution in [0.5, 0.6) is 5.75 Å². The molecule has 0 aliphatic carbocycles. The molecule has 1 saturated heterocycles. The third kappa shape index (κ3) is 3.47. The lowest BCUT2D eigenvalue weighted by molar-refractivity contribution is -0.137. The van der Waals surface area contributed by atoms with Gasteiger partial charge in [-0.1, -0.05) is 25.5 Å². The summed E-state index contributed by atoms with van der Waals surface area (Å²) in [7, 11) is 0. The summed E-state index contributed by atoms with van der Waals surface area (Å²) in [5, 5.41) is 0. The van der Waals surface area contributed by atoms with Crippen molar-refractivity contribution >= 4 is 0 Å².